The number of aryl methyl sites for hydroxylation is 1. The van der Waals surface area contributed by atoms with Gasteiger partial charge in [-0.25, -0.2) is 4.98 Å². The van der Waals surface area contributed by atoms with E-state index >= 15 is 0 Å². The molecule has 88 valence electrons. The second-order valence-electron chi connectivity index (χ2n) is 4.34. The molecule has 17 heavy (non-hydrogen) atoms. The zero-order valence-corrected chi connectivity index (χ0v) is 10.9. The normalized spacial score (nSPS) is 19.1. The van der Waals surface area contributed by atoms with Crippen LogP contribution >= 0.6 is 22.9 Å². The van der Waals surface area contributed by atoms with E-state index in [2.05, 4.69) is 0 Å². The zero-order valence-electron chi connectivity index (χ0n) is 9.32. The number of hydrogen-bond donors (Lipinski definition) is 1. The maximum Gasteiger partial charge on any atom is 0.123 e. The molecule has 4 heteroatoms. The van der Waals surface area contributed by atoms with Crippen molar-refractivity contribution in [3.63, 3.8) is 0 Å². The Morgan fingerprint density at radius 2 is 2.06 bits per heavy atom. The molecule has 0 aliphatic heterocycles. The van der Waals surface area contributed by atoms with E-state index in [1.165, 1.54) is 10.6 Å². The summed E-state index contributed by atoms with van der Waals surface area (Å²) in [6.45, 7) is 0. The molecule has 1 aliphatic carbocycles. The van der Waals surface area contributed by atoms with Gasteiger partial charge in [-0.1, -0.05) is 23.7 Å². The molecule has 2 N–H and O–H groups in total. The molecule has 0 spiro atoms. The first-order chi connectivity index (χ1) is 8.24. The number of nitrogens with two attached hydrogens (primary N) is 1. The smallest absolute Gasteiger partial charge is 0.123 e. The highest BCUT2D eigenvalue weighted by Gasteiger charge is 2.21. The van der Waals surface area contributed by atoms with Crippen LogP contribution in [-0.4, -0.2) is 4.98 Å². The fraction of sp³-hybridized carbons (Fsp3) is 0.308. The summed E-state index contributed by atoms with van der Waals surface area (Å²) in [6, 6.07) is 8.00. The van der Waals surface area contributed by atoms with Crippen molar-refractivity contribution in [1.82, 2.24) is 4.98 Å². The van der Waals surface area contributed by atoms with Gasteiger partial charge in [0.2, 0.25) is 0 Å². The highest BCUT2D eigenvalue weighted by Crippen LogP contribution is 2.36. The van der Waals surface area contributed by atoms with Crippen molar-refractivity contribution >= 4 is 22.9 Å². The van der Waals surface area contributed by atoms with Crippen molar-refractivity contribution < 1.29 is 0 Å². The van der Waals surface area contributed by atoms with E-state index in [1.807, 2.05) is 24.3 Å². The summed E-state index contributed by atoms with van der Waals surface area (Å²) in [4.78, 5) is 5.96. The topological polar surface area (TPSA) is 38.9 Å². The van der Waals surface area contributed by atoms with Gasteiger partial charge in [-0.05, 0) is 31.4 Å². The van der Waals surface area contributed by atoms with Crippen LogP contribution < -0.4 is 5.73 Å². The first kappa shape index (κ1) is 11.2. The molecule has 1 aromatic heterocycles. The van der Waals surface area contributed by atoms with E-state index in [0.717, 1.165) is 34.9 Å². The molecule has 3 rings (SSSR count). The van der Waals surface area contributed by atoms with E-state index in [4.69, 9.17) is 22.3 Å². The fourth-order valence-corrected chi connectivity index (χ4v) is 3.45. The number of aromatic nitrogens is 1. The second-order valence-corrected chi connectivity index (χ2v) is 5.80. The van der Waals surface area contributed by atoms with E-state index in [-0.39, 0.29) is 6.04 Å². The molecule has 0 saturated heterocycles. The van der Waals surface area contributed by atoms with Gasteiger partial charge in [0.25, 0.3) is 0 Å². The van der Waals surface area contributed by atoms with Gasteiger partial charge in [0, 0.05) is 21.5 Å². The summed E-state index contributed by atoms with van der Waals surface area (Å²) in [5.74, 6) is 0. The van der Waals surface area contributed by atoms with E-state index < -0.39 is 0 Å². The lowest BCUT2D eigenvalue weighted by Gasteiger charge is -2.15. The molecule has 2 aromatic rings. The standard InChI is InChI=1S/C13H13ClN2S/c14-9-6-4-8(5-7-9)13-16-11-3-1-2-10(15)12(11)17-13/h4-7,10H,1-3,15H2/t10-/m0/s1. The fourth-order valence-electron chi connectivity index (χ4n) is 2.17. The Kier molecular flexibility index (Phi) is 2.90. The molecular formula is C13H13ClN2S. The molecule has 0 fully saturated rings. The number of fused-ring (bicyclic) bond motifs is 1. The largest absolute Gasteiger partial charge is 0.323 e. The summed E-state index contributed by atoms with van der Waals surface area (Å²) >= 11 is 7.61. The van der Waals surface area contributed by atoms with Crippen LogP contribution in [0.15, 0.2) is 24.3 Å². The second kappa shape index (κ2) is 4.41. The third-order valence-corrected chi connectivity index (χ3v) is 4.61. The minimum Gasteiger partial charge on any atom is -0.323 e. The predicted octanol–water partition coefficient (Wildman–Crippen LogP) is 3.80. The van der Waals surface area contributed by atoms with Gasteiger partial charge in [0.05, 0.1) is 5.69 Å². The van der Waals surface area contributed by atoms with Gasteiger partial charge < -0.3 is 5.73 Å². The molecule has 1 heterocycles. The summed E-state index contributed by atoms with van der Waals surface area (Å²) < 4.78 is 0. The van der Waals surface area contributed by atoms with Crippen LogP contribution in [0.4, 0.5) is 0 Å². The molecule has 0 saturated carbocycles. The highest BCUT2D eigenvalue weighted by molar-refractivity contribution is 7.15. The first-order valence-corrected chi connectivity index (χ1v) is 6.94. The quantitative estimate of drug-likeness (QED) is 0.851. The molecule has 0 bridgehead atoms. The molecule has 0 radical (unpaired) electrons. The van der Waals surface area contributed by atoms with Crippen molar-refractivity contribution in [2.75, 3.05) is 0 Å². The summed E-state index contributed by atoms with van der Waals surface area (Å²) in [6.07, 6.45) is 3.29. The Morgan fingerprint density at radius 1 is 1.29 bits per heavy atom. The van der Waals surface area contributed by atoms with Crippen molar-refractivity contribution in [3.05, 3.63) is 39.9 Å². The Labute approximate surface area is 109 Å². The number of rotatable bonds is 1. The lowest BCUT2D eigenvalue weighted by atomic mass is 9.99. The average molecular weight is 265 g/mol. The number of thiazole rings is 1. The van der Waals surface area contributed by atoms with Gasteiger partial charge in [0.15, 0.2) is 0 Å². The Balaban J connectivity index is 2.02. The third kappa shape index (κ3) is 2.10. The third-order valence-electron chi connectivity index (χ3n) is 3.08. The lowest BCUT2D eigenvalue weighted by molar-refractivity contribution is 0.573. The number of nitrogens with zero attached hydrogens (tertiary/aromatic N) is 1. The average Bonchev–Trinajstić information content (AvgIpc) is 2.75. The van der Waals surface area contributed by atoms with Crippen molar-refractivity contribution in [2.45, 2.75) is 25.3 Å². The van der Waals surface area contributed by atoms with Crippen molar-refractivity contribution in [3.8, 4) is 10.6 Å². The number of halogens is 1. The predicted molar refractivity (Wildman–Crippen MR) is 72.4 cm³/mol. The van der Waals surface area contributed by atoms with E-state index in [1.54, 1.807) is 11.3 Å². The van der Waals surface area contributed by atoms with Crippen LogP contribution in [0.1, 0.15) is 29.5 Å². The number of benzene rings is 1. The Bertz CT molecular complexity index is 533. The monoisotopic (exact) mass is 264 g/mol. The highest BCUT2D eigenvalue weighted by atomic mass is 35.5. The zero-order chi connectivity index (χ0) is 11.8. The van der Waals surface area contributed by atoms with E-state index in [0.29, 0.717) is 0 Å². The summed E-state index contributed by atoms with van der Waals surface area (Å²) in [5.41, 5.74) is 8.43. The van der Waals surface area contributed by atoms with Gasteiger partial charge in [-0.3, -0.25) is 0 Å². The van der Waals surface area contributed by atoms with Crippen LogP contribution in [-0.2, 0) is 6.42 Å². The Hall–Kier alpha value is -0.900. The van der Waals surface area contributed by atoms with Crippen LogP contribution in [0, 0.1) is 0 Å². The molecule has 1 atom stereocenters. The maximum atomic E-state index is 6.11. The van der Waals surface area contributed by atoms with Gasteiger partial charge in [-0.2, -0.15) is 0 Å². The minimum absolute atomic E-state index is 0.178. The van der Waals surface area contributed by atoms with Gasteiger partial charge in [0.1, 0.15) is 5.01 Å². The van der Waals surface area contributed by atoms with Crippen LogP contribution in [0.3, 0.4) is 0 Å². The SMILES string of the molecule is N[C@H]1CCCc2nc(-c3ccc(Cl)cc3)sc21. The molecule has 2 nitrogen and oxygen atoms in total. The first-order valence-electron chi connectivity index (χ1n) is 5.75. The molecule has 0 amide bonds. The van der Waals surface area contributed by atoms with Gasteiger partial charge >= 0.3 is 0 Å². The molecular weight excluding hydrogens is 252 g/mol. The van der Waals surface area contributed by atoms with E-state index in [9.17, 15) is 0 Å². The van der Waals surface area contributed by atoms with Crippen LogP contribution in [0.2, 0.25) is 5.02 Å². The molecule has 1 aromatic carbocycles. The Morgan fingerprint density at radius 3 is 2.76 bits per heavy atom. The minimum atomic E-state index is 0.178. The molecule has 1 aliphatic rings. The van der Waals surface area contributed by atoms with Gasteiger partial charge in [-0.15, -0.1) is 11.3 Å². The summed E-state index contributed by atoms with van der Waals surface area (Å²) in [7, 11) is 0. The maximum absolute atomic E-state index is 6.11. The summed E-state index contributed by atoms with van der Waals surface area (Å²) in [5, 5.41) is 1.82. The number of hydrogen-bond acceptors (Lipinski definition) is 3. The van der Waals surface area contributed by atoms with Crippen LogP contribution in [0.5, 0.6) is 0 Å². The van der Waals surface area contributed by atoms with Crippen LogP contribution in [0.25, 0.3) is 10.6 Å². The lowest BCUT2D eigenvalue weighted by Crippen LogP contribution is -2.15. The molecule has 0 unspecified atom stereocenters. The van der Waals surface area contributed by atoms with Crippen molar-refractivity contribution in [2.24, 2.45) is 5.73 Å². The van der Waals surface area contributed by atoms with Crippen molar-refractivity contribution in [1.29, 1.82) is 0 Å².